The molecule has 0 spiro atoms. The number of carboxylic acid groups (broad SMARTS) is 1. The van der Waals surface area contributed by atoms with Crippen LogP contribution in [0.1, 0.15) is 33.1 Å². The van der Waals surface area contributed by atoms with Crippen LogP contribution in [0.5, 0.6) is 0 Å². The van der Waals surface area contributed by atoms with Crippen LogP contribution in [0.3, 0.4) is 0 Å². The van der Waals surface area contributed by atoms with Crippen molar-refractivity contribution >= 4 is 17.9 Å². The number of nitrogens with zero attached hydrogens (tertiary/aromatic N) is 1. The summed E-state index contributed by atoms with van der Waals surface area (Å²) in [5.41, 5.74) is 5.12. The standard InChI is InChI=1S/C13H23N3O4/c1-3-8(2)10(15-13(14)20)11(17)16-6-4-9(5-7-16)12(18)19/h8-10H,3-7H2,1-2H3,(H,18,19)(H3,14,15,20). The molecule has 1 heterocycles. The van der Waals surface area contributed by atoms with Gasteiger partial charge in [0.25, 0.3) is 0 Å². The minimum absolute atomic E-state index is 0.0211. The number of hydrogen-bond donors (Lipinski definition) is 3. The van der Waals surface area contributed by atoms with E-state index >= 15 is 0 Å². The van der Waals surface area contributed by atoms with Crippen LogP contribution in [0.15, 0.2) is 0 Å². The van der Waals surface area contributed by atoms with Gasteiger partial charge in [0.1, 0.15) is 6.04 Å². The fraction of sp³-hybridized carbons (Fsp3) is 0.769. The van der Waals surface area contributed by atoms with E-state index < -0.39 is 18.0 Å². The first-order valence-electron chi connectivity index (χ1n) is 6.94. The lowest BCUT2D eigenvalue weighted by atomic mass is 9.94. The molecule has 0 aromatic carbocycles. The van der Waals surface area contributed by atoms with Gasteiger partial charge in [-0.05, 0) is 18.8 Å². The Morgan fingerprint density at radius 1 is 1.35 bits per heavy atom. The number of carbonyl (C=O) groups is 3. The van der Waals surface area contributed by atoms with E-state index in [1.807, 2.05) is 13.8 Å². The lowest BCUT2D eigenvalue weighted by Gasteiger charge is -2.34. The second kappa shape index (κ2) is 7.12. The maximum absolute atomic E-state index is 12.4. The number of nitrogens with one attached hydrogen (secondary N) is 1. The van der Waals surface area contributed by atoms with Gasteiger partial charge in [0.2, 0.25) is 5.91 Å². The van der Waals surface area contributed by atoms with Crippen molar-refractivity contribution in [3.63, 3.8) is 0 Å². The third-order valence-electron chi connectivity index (χ3n) is 3.93. The first-order chi connectivity index (χ1) is 9.36. The van der Waals surface area contributed by atoms with Crippen molar-refractivity contribution in [2.24, 2.45) is 17.6 Å². The highest BCUT2D eigenvalue weighted by Crippen LogP contribution is 2.20. The maximum Gasteiger partial charge on any atom is 0.312 e. The molecule has 7 nitrogen and oxygen atoms in total. The molecule has 4 N–H and O–H groups in total. The third-order valence-corrected chi connectivity index (χ3v) is 3.93. The molecular formula is C13H23N3O4. The molecule has 1 aliphatic heterocycles. The maximum atomic E-state index is 12.4. The van der Waals surface area contributed by atoms with E-state index in [4.69, 9.17) is 10.8 Å². The second-order valence-corrected chi connectivity index (χ2v) is 5.31. The molecule has 1 saturated heterocycles. The summed E-state index contributed by atoms with van der Waals surface area (Å²) < 4.78 is 0. The number of carbonyl (C=O) groups excluding carboxylic acids is 2. The summed E-state index contributed by atoms with van der Waals surface area (Å²) in [5, 5.41) is 11.4. The molecule has 0 aliphatic carbocycles. The Kier molecular flexibility index (Phi) is 5.79. The van der Waals surface area contributed by atoms with Gasteiger partial charge in [0.15, 0.2) is 0 Å². The Bertz CT molecular complexity index is 378. The van der Waals surface area contributed by atoms with Gasteiger partial charge in [-0.1, -0.05) is 20.3 Å². The largest absolute Gasteiger partial charge is 0.481 e. The van der Waals surface area contributed by atoms with Crippen molar-refractivity contribution < 1.29 is 19.5 Å². The number of likely N-dealkylation sites (tertiary alicyclic amines) is 1. The molecule has 0 bridgehead atoms. The molecule has 0 radical (unpaired) electrons. The summed E-state index contributed by atoms with van der Waals surface area (Å²) in [7, 11) is 0. The summed E-state index contributed by atoms with van der Waals surface area (Å²) >= 11 is 0. The zero-order valence-electron chi connectivity index (χ0n) is 12.0. The van der Waals surface area contributed by atoms with Crippen LogP contribution in [0, 0.1) is 11.8 Å². The molecule has 3 amide bonds. The molecule has 0 aromatic rings. The molecule has 2 unspecified atom stereocenters. The van der Waals surface area contributed by atoms with Crippen LogP contribution in [0.2, 0.25) is 0 Å². The van der Waals surface area contributed by atoms with Gasteiger partial charge in [0, 0.05) is 13.1 Å². The summed E-state index contributed by atoms with van der Waals surface area (Å²) in [4.78, 5) is 35.9. The zero-order valence-corrected chi connectivity index (χ0v) is 12.0. The molecule has 114 valence electrons. The highest BCUT2D eigenvalue weighted by molar-refractivity contribution is 5.87. The minimum atomic E-state index is -0.814. The van der Waals surface area contributed by atoms with Crippen LogP contribution in [-0.4, -0.2) is 47.0 Å². The van der Waals surface area contributed by atoms with Crippen LogP contribution in [-0.2, 0) is 9.59 Å². The highest BCUT2D eigenvalue weighted by Gasteiger charge is 2.33. The van der Waals surface area contributed by atoms with Crippen LogP contribution >= 0.6 is 0 Å². The van der Waals surface area contributed by atoms with E-state index in [2.05, 4.69) is 5.32 Å². The highest BCUT2D eigenvalue weighted by atomic mass is 16.4. The van der Waals surface area contributed by atoms with Crippen molar-refractivity contribution in [1.29, 1.82) is 0 Å². The number of carboxylic acids is 1. The van der Waals surface area contributed by atoms with Crippen molar-refractivity contribution in [2.45, 2.75) is 39.2 Å². The Morgan fingerprint density at radius 3 is 2.30 bits per heavy atom. The summed E-state index contributed by atoms with van der Waals surface area (Å²) in [5.74, 6) is -1.40. The third kappa shape index (κ3) is 4.11. The molecule has 0 aromatic heterocycles. The number of urea groups is 1. The van der Waals surface area contributed by atoms with Gasteiger partial charge in [0.05, 0.1) is 5.92 Å². The van der Waals surface area contributed by atoms with E-state index in [1.165, 1.54) is 0 Å². The van der Waals surface area contributed by atoms with E-state index in [-0.39, 0.29) is 17.7 Å². The van der Waals surface area contributed by atoms with Crippen LogP contribution in [0.4, 0.5) is 4.79 Å². The first kappa shape index (κ1) is 16.3. The molecule has 0 saturated carbocycles. The topological polar surface area (TPSA) is 113 Å². The van der Waals surface area contributed by atoms with Crippen molar-refractivity contribution in [2.75, 3.05) is 13.1 Å². The lowest BCUT2D eigenvalue weighted by Crippen LogP contribution is -2.54. The number of aliphatic carboxylic acids is 1. The van der Waals surface area contributed by atoms with E-state index in [0.29, 0.717) is 25.9 Å². The quantitative estimate of drug-likeness (QED) is 0.678. The van der Waals surface area contributed by atoms with Gasteiger partial charge in [-0.25, -0.2) is 4.79 Å². The Morgan fingerprint density at radius 2 is 1.90 bits per heavy atom. The fourth-order valence-corrected chi connectivity index (χ4v) is 2.38. The van der Waals surface area contributed by atoms with Crippen LogP contribution < -0.4 is 11.1 Å². The summed E-state index contributed by atoms with van der Waals surface area (Å²) in [6.45, 7) is 4.62. The molecule has 7 heteroatoms. The zero-order chi connectivity index (χ0) is 15.3. The Hall–Kier alpha value is -1.79. The van der Waals surface area contributed by atoms with E-state index in [9.17, 15) is 14.4 Å². The predicted octanol–water partition coefficient (Wildman–Crippen LogP) is 0.393. The number of hydrogen-bond acceptors (Lipinski definition) is 3. The minimum Gasteiger partial charge on any atom is -0.481 e. The molecule has 1 rings (SSSR count). The predicted molar refractivity (Wildman–Crippen MR) is 72.9 cm³/mol. The number of rotatable bonds is 5. The molecule has 20 heavy (non-hydrogen) atoms. The molecule has 1 aliphatic rings. The lowest BCUT2D eigenvalue weighted by molar-refractivity contribution is -0.146. The summed E-state index contributed by atoms with van der Waals surface area (Å²) in [6, 6.07) is -1.36. The Labute approximate surface area is 118 Å². The molecular weight excluding hydrogens is 262 g/mol. The Balaban J connectivity index is 2.66. The van der Waals surface area contributed by atoms with Crippen molar-refractivity contribution in [3.05, 3.63) is 0 Å². The molecule has 2 atom stereocenters. The average Bonchev–Trinajstić information content (AvgIpc) is 2.43. The first-order valence-corrected chi connectivity index (χ1v) is 6.94. The number of primary amides is 1. The van der Waals surface area contributed by atoms with Gasteiger partial charge in [-0.15, -0.1) is 0 Å². The van der Waals surface area contributed by atoms with Gasteiger partial charge >= 0.3 is 12.0 Å². The fourth-order valence-electron chi connectivity index (χ4n) is 2.38. The number of amides is 3. The SMILES string of the molecule is CCC(C)C(NC(N)=O)C(=O)N1CCC(C(=O)O)CC1. The van der Waals surface area contributed by atoms with Crippen molar-refractivity contribution in [1.82, 2.24) is 10.2 Å². The summed E-state index contributed by atoms with van der Waals surface area (Å²) in [6.07, 6.45) is 1.64. The molecule has 1 fully saturated rings. The van der Waals surface area contributed by atoms with Crippen molar-refractivity contribution in [3.8, 4) is 0 Å². The van der Waals surface area contributed by atoms with E-state index in [1.54, 1.807) is 4.90 Å². The smallest absolute Gasteiger partial charge is 0.312 e. The second-order valence-electron chi connectivity index (χ2n) is 5.31. The van der Waals surface area contributed by atoms with E-state index in [0.717, 1.165) is 6.42 Å². The number of nitrogens with two attached hydrogens (primary N) is 1. The van der Waals surface area contributed by atoms with Crippen LogP contribution in [0.25, 0.3) is 0 Å². The van der Waals surface area contributed by atoms with Gasteiger partial charge in [-0.2, -0.15) is 0 Å². The average molecular weight is 285 g/mol. The van der Waals surface area contributed by atoms with Gasteiger partial charge < -0.3 is 21.1 Å². The normalized spacial score (nSPS) is 19.2. The van der Waals surface area contributed by atoms with Gasteiger partial charge in [-0.3, -0.25) is 9.59 Å². The monoisotopic (exact) mass is 285 g/mol. The number of piperidine rings is 1.